The standard InChI is InChI=1S/C31H44N4O4/c1-30(2,3)39-29(37)35-17-13-31(14-18-35)12-9-16-32-15-7-8-19-38-27-11-6-5-10-26(27)24-20-25(22-33-21-24)28(36)34(4)23-31/h5-6,10-11,20-22,32H,7-9,12-19,23H2,1-4H3. The summed E-state index contributed by atoms with van der Waals surface area (Å²) in [6, 6.07) is 9.85. The van der Waals surface area contributed by atoms with Crippen molar-refractivity contribution in [1.82, 2.24) is 20.1 Å². The lowest BCUT2D eigenvalue weighted by Crippen LogP contribution is -2.49. The monoisotopic (exact) mass is 536 g/mol. The van der Waals surface area contributed by atoms with Crippen LogP contribution < -0.4 is 10.1 Å². The molecule has 1 saturated heterocycles. The van der Waals surface area contributed by atoms with Crippen LogP contribution >= 0.6 is 0 Å². The molecule has 2 aliphatic rings. The topological polar surface area (TPSA) is 84.0 Å². The Hall–Kier alpha value is -3.13. The van der Waals surface area contributed by atoms with Gasteiger partial charge in [0.1, 0.15) is 11.4 Å². The van der Waals surface area contributed by atoms with Crippen molar-refractivity contribution in [3.05, 3.63) is 48.3 Å². The highest BCUT2D eigenvalue weighted by molar-refractivity contribution is 5.95. The number of hydrogen-bond acceptors (Lipinski definition) is 6. The van der Waals surface area contributed by atoms with Crippen LogP contribution in [0.5, 0.6) is 5.75 Å². The van der Waals surface area contributed by atoms with Crippen molar-refractivity contribution >= 4 is 12.0 Å². The molecule has 0 aliphatic carbocycles. The predicted octanol–water partition coefficient (Wildman–Crippen LogP) is 5.38. The summed E-state index contributed by atoms with van der Waals surface area (Å²) in [5.41, 5.74) is 1.80. The van der Waals surface area contributed by atoms with Crippen LogP contribution in [0.1, 0.15) is 69.7 Å². The van der Waals surface area contributed by atoms with Gasteiger partial charge in [-0.15, -0.1) is 0 Å². The van der Waals surface area contributed by atoms with E-state index in [2.05, 4.69) is 10.3 Å². The van der Waals surface area contributed by atoms with Crippen molar-refractivity contribution in [2.75, 3.05) is 46.4 Å². The zero-order chi connectivity index (χ0) is 27.9. The summed E-state index contributed by atoms with van der Waals surface area (Å²) in [6.07, 6.45) is 8.89. The second-order valence-corrected chi connectivity index (χ2v) is 12.0. The van der Waals surface area contributed by atoms with Crippen LogP contribution in [-0.2, 0) is 4.74 Å². The number of nitrogens with zero attached hydrogens (tertiary/aromatic N) is 3. The zero-order valence-electron chi connectivity index (χ0n) is 24.0. The lowest BCUT2D eigenvalue weighted by atomic mass is 9.74. The Morgan fingerprint density at radius 3 is 2.51 bits per heavy atom. The lowest BCUT2D eigenvalue weighted by molar-refractivity contribution is 0.00379. The summed E-state index contributed by atoms with van der Waals surface area (Å²) in [6.45, 7) is 10.1. The van der Waals surface area contributed by atoms with Gasteiger partial charge in [0.05, 0.1) is 12.2 Å². The molecule has 2 aromatic rings. The first-order valence-electron chi connectivity index (χ1n) is 14.3. The number of carbonyl (C=O) groups is 2. The summed E-state index contributed by atoms with van der Waals surface area (Å²) in [5.74, 6) is 0.762. The van der Waals surface area contributed by atoms with Gasteiger partial charge < -0.3 is 24.6 Å². The van der Waals surface area contributed by atoms with E-state index in [-0.39, 0.29) is 17.4 Å². The van der Waals surface area contributed by atoms with E-state index >= 15 is 0 Å². The van der Waals surface area contributed by atoms with Gasteiger partial charge in [0.25, 0.3) is 5.91 Å². The van der Waals surface area contributed by atoms with Crippen LogP contribution in [0.4, 0.5) is 4.79 Å². The van der Waals surface area contributed by atoms with Crippen molar-refractivity contribution in [3.8, 4) is 16.9 Å². The quantitative estimate of drug-likeness (QED) is 0.487. The molecule has 1 aromatic heterocycles. The fraction of sp³-hybridized carbons (Fsp3) is 0.581. The number of rotatable bonds is 0. The highest BCUT2D eigenvalue weighted by atomic mass is 16.6. The van der Waals surface area contributed by atoms with Crippen molar-refractivity contribution in [2.45, 2.75) is 64.9 Å². The van der Waals surface area contributed by atoms with Gasteiger partial charge >= 0.3 is 6.09 Å². The van der Waals surface area contributed by atoms with Crippen molar-refractivity contribution < 1.29 is 19.1 Å². The van der Waals surface area contributed by atoms with E-state index in [1.165, 1.54) is 0 Å². The van der Waals surface area contributed by atoms with E-state index in [1.54, 1.807) is 12.4 Å². The third-order valence-corrected chi connectivity index (χ3v) is 7.64. The molecular formula is C31H44N4O4. The molecule has 1 aromatic carbocycles. The van der Waals surface area contributed by atoms with Crippen molar-refractivity contribution in [2.24, 2.45) is 5.41 Å². The normalized spacial score (nSPS) is 19.4. The maximum Gasteiger partial charge on any atom is 0.410 e. The largest absolute Gasteiger partial charge is 0.493 e. The number of hydrogen-bond donors (Lipinski definition) is 1. The van der Waals surface area contributed by atoms with E-state index in [0.29, 0.717) is 31.8 Å². The van der Waals surface area contributed by atoms with Gasteiger partial charge in [0, 0.05) is 50.2 Å². The van der Waals surface area contributed by atoms with Gasteiger partial charge in [0.15, 0.2) is 0 Å². The average molecular weight is 537 g/mol. The van der Waals surface area contributed by atoms with Crippen LogP contribution in [0.2, 0.25) is 0 Å². The SMILES string of the molecule is CN1CC2(CCCNCCCCOc3ccccc3-c3cncc(c3)C1=O)CCN(C(=O)OC(C)(C)C)CC2. The molecule has 2 bridgehead atoms. The van der Waals surface area contributed by atoms with Gasteiger partial charge in [-0.3, -0.25) is 9.78 Å². The summed E-state index contributed by atoms with van der Waals surface area (Å²) < 4.78 is 11.7. The molecule has 0 radical (unpaired) electrons. The summed E-state index contributed by atoms with van der Waals surface area (Å²) in [5, 5.41) is 3.58. The fourth-order valence-electron chi connectivity index (χ4n) is 5.56. The number of amides is 2. The maximum atomic E-state index is 13.6. The van der Waals surface area contributed by atoms with Crippen LogP contribution in [0.15, 0.2) is 42.7 Å². The lowest BCUT2D eigenvalue weighted by Gasteiger charge is -2.44. The number of aromatic nitrogens is 1. The predicted molar refractivity (Wildman–Crippen MR) is 153 cm³/mol. The van der Waals surface area contributed by atoms with Gasteiger partial charge in [-0.2, -0.15) is 0 Å². The molecule has 1 fully saturated rings. The molecule has 0 atom stereocenters. The minimum absolute atomic E-state index is 0.0454. The third-order valence-electron chi connectivity index (χ3n) is 7.64. The number of carbonyl (C=O) groups excluding carboxylic acids is 2. The van der Waals surface area contributed by atoms with Crippen molar-refractivity contribution in [3.63, 3.8) is 0 Å². The fourth-order valence-corrected chi connectivity index (χ4v) is 5.56. The molecule has 212 valence electrons. The molecule has 8 nitrogen and oxygen atoms in total. The van der Waals surface area contributed by atoms with Crippen LogP contribution in [0, 0.1) is 5.41 Å². The number of nitrogens with one attached hydrogen (secondary N) is 1. The number of likely N-dealkylation sites (tertiary alicyclic amines) is 1. The molecule has 2 amide bonds. The Morgan fingerprint density at radius 1 is 1.03 bits per heavy atom. The van der Waals surface area contributed by atoms with E-state index < -0.39 is 5.60 Å². The molecule has 0 unspecified atom stereocenters. The maximum absolute atomic E-state index is 13.6. The van der Waals surface area contributed by atoms with Gasteiger partial charge in [-0.25, -0.2) is 4.79 Å². The smallest absolute Gasteiger partial charge is 0.410 e. The second-order valence-electron chi connectivity index (χ2n) is 12.0. The van der Waals surface area contributed by atoms with Crippen LogP contribution in [-0.4, -0.2) is 78.8 Å². The number of ether oxygens (including phenoxy) is 2. The minimum atomic E-state index is -0.514. The van der Waals surface area contributed by atoms with Crippen LogP contribution in [0.3, 0.4) is 0 Å². The molecule has 0 saturated carbocycles. The number of pyridine rings is 1. The highest BCUT2D eigenvalue weighted by Gasteiger charge is 2.38. The summed E-state index contributed by atoms with van der Waals surface area (Å²) in [4.78, 5) is 34.4. The zero-order valence-corrected chi connectivity index (χ0v) is 24.0. The van der Waals surface area contributed by atoms with E-state index in [0.717, 1.165) is 68.5 Å². The number of fused-ring (bicyclic) bond motifs is 4. The highest BCUT2D eigenvalue weighted by Crippen LogP contribution is 2.38. The summed E-state index contributed by atoms with van der Waals surface area (Å²) in [7, 11) is 1.88. The van der Waals surface area contributed by atoms with E-state index in [4.69, 9.17) is 9.47 Å². The van der Waals surface area contributed by atoms with Crippen LogP contribution in [0.25, 0.3) is 11.1 Å². The van der Waals surface area contributed by atoms with Gasteiger partial charge in [0.2, 0.25) is 0 Å². The Balaban J connectivity index is 1.54. The number of benzene rings is 1. The molecule has 4 rings (SSSR count). The van der Waals surface area contributed by atoms with Gasteiger partial charge in [-0.1, -0.05) is 18.2 Å². The molecule has 39 heavy (non-hydrogen) atoms. The van der Waals surface area contributed by atoms with Crippen molar-refractivity contribution in [1.29, 1.82) is 0 Å². The minimum Gasteiger partial charge on any atom is -0.493 e. The van der Waals surface area contributed by atoms with E-state index in [1.807, 2.05) is 68.0 Å². The molecule has 1 N–H and O–H groups in total. The average Bonchev–Trinajstić information content (AvgIpc) is 2.91. The second kappa shape index (κ2) is 12.8. The summed E-state index contributed by atoms with van der Waals surface area (Å²) >= 11 is 0. The first kappa shape index (κ1) is 28.9. The molecule has 8 heteroatoms. The Morgan fingerprint density at radius 2 is 1.74 bits per heavy atom. The first-order chi connectivity index (χ1) is 18.7. The van der Waals surface area contributed by atoms with E-state index in [9.17, 15) is 9.59 Å². The first-order valence-corrected chi connectivity index (χ1v) is 14.3. The number of para-hydroxylation sites is 1. The third kappa shape index (κ3) is 7.94. The molecule has 2 aliphatic heterocycles. The van der Waals surface area contributed by atoms with Gasteiger partial charge in [-0.05, 0) is 89.9 Å². The molecule has 1 spiro atoms. The number of piperidine rings is 1. The Bertz CT molecular complexity index is 1120. The Labute approximate surface area is 233 Å². The molecular weight excluding hydrogens is 492 g/mol. The Kier molecular flexibility index (Phi) is 9.49. The molecule has 3 heterocycles.